The zero-order valence-corrected chi connectivity index (χ0v) is 17.5. The number of fused-ring (bicyclic) bond motifs is 1. The number of thioether (sulfide) groups is 1. The molecule has 0 saturated carbocycles. The lowest BCUT2D eigenvalue weighted by Gasteiger charge is -2.06. The molecule has 3 heterocycles. The number of benzene rings is 1. The summed E-state index contributed by atoms with van der Waals surface area (Å²) in [4.78, 5) is 8.40. The highest BCUT2D eigenvalue weighted by atomic mass is 32.2. The van der Waals surface area contributed by atoms with Crippen LogP contribution in [0.3, 0.4) is 0 Å². The molecule has 2 N–H and O–H groups in total. The molecule has 0 aliphatic heterocycles. The van der Waals surface area contributed by atoms with Crippen LogP contribution >= 0.6 is 34.8 Å². The molecule has 3 aromatic heterocycles. The molecular formula is C16H12N8O2S3. The van der Waals surface area contributed by atoms with Gasteiger partial charge >= 0.3 is 0 Å². The number of phenolic OH excluding ortho intramolecular Hbond substituents is 2. The number of rotatable bonds is 5. The van der Waals surface area contributed by atoms with Crippen LogP contribution in [0.15, 0.2) is 50.0 Å². The zero-order chi connectivity index (χ0) is 20.4. The van der Waals surface area contributed by atoms with Crippen LogP contribution < -0.4 is 0 Å². The van der Waals surface area contributed by atoms with E-state index in [1.807, 2.05) is 12.3 Å². The van der Waals surface area contributed by atoms with Gasteiger partial charge in [-0.1, -0.05) is 11.8 Å². The lowest BCUT2D eigenvalue weighted by molar-refractivity contribution is 0.445. The molecule has 0 aliphatic carbocycles. The molecule has 0 fully saturated rings. The second kappa shape index (κ2) is 8.14. The number of phenols is 2. The van der Waals surface area contributed by atoms with Crippen LogP contribution in [0.5, 0.6) is 11.5 Å². The van der Waals surface area contributed by atoms with Crippen LogP contribution in [0.1, 0.15) is 5.56 Å². The third-order valence-corrected chi connectivity index (χ3v) is 5.76. The number of azo groups is 2. The Hall–Kier alpha value is -3.03. The minimum Gasteiger partial charge on any atom is -0.505 e. The minimum absolute atomic E-state index is 0.127. The highest BCUT2D eigenvalue weighted by Crippen LogP contribution is 2.44. The fraction of sp³-hybridized carbons (Fsp3) is 0.125. The Balaban J connectivity index is 1.68. The van der Waals surface area contributed by atoms with E-state index >= 15 is 0 Å². The predicted molar refractivity (Wildman–Crippen MR) is 112 cm³/mol. The summed E-state index contributed by atoms with van der Waals surface area (Å²) in [5.41, 5.74) is 1.81. The normalized spacial score (nSPS) is 11.9. The number of nitrogens with zero attached hydrogens (tertiary/aromatic N) is 8. The average molecular weight is 445 g/mol. The molecule has 29 heavy (non-hydrogen) atoms. The van der Waals surface area contributed by atoms with Crippen molar-refractivity contribution < 1.29 is 10.2 Å². The Labute approximate surface area is 176 Å². The van der Waals surface area contributed by atoms with Gasteiger partial charge in [0.1, 0.15) is 33.9 Å². The van der Waals surface area contributed by atoms with E-state index in [-0.39, 0.29) is 28.4 Å². The molecule has 0 atom stereocenters. The molecular weight excluding hydrogens is 432 g/mol. The van der Waals surface area contributed by atoms with Crippen molar-refractivity contribution in [3.05, 3.63) is 30.0 Å². The SMILES string of the molecule is CSc1nsc(/N=N/c2cc(/N=N/c3snc4cccnc34)c(O)c(C)c2O)n1. The summed E-state index contributed by atoms with van der Waals surface area (Å²) in [5, 5.41) is 38.3. The van der Waals surface area contributed by atoms with Gasteiger partial charge in [-0.15, -0.1) is 20.5 Å². The summed E-state index contributed by atoms with van der Waals surface area (Å²) in [5.74, 6) is -0.405. The summed E-state index contributed by atoms with van der Waals surface area (Å²) in [6, 6.07) is 5.00. The molecule has 0 radical (unpaired) electrons. The Kier molecular flexibility index (Phi) is 5.42. The van der Waals surface area contributed by atoms with E-state index in [0.717, 1.165) is 23.1 Å². The molecule has 0 amide bonds. The summed E-state index contributed by atoms with van der Waals surface area (Å²) in [6.45, 7) is 1.54. The van der Waals surface area contributed by atoms with Crippen molar-refractivity contribution in [3.8, 4) is 11.5 Å². The summed E-state index contributed by atoms with van der Waals surface area (Å²) in [7, 11) is 0. The first-order chi connectivity index (χ1) is 14.1. The van der Waals surface area contributed by atoms with Crippen LogP contribution in [-0.2, 0) is 0 Å². The van der Waals surface area contributed by atoms with Crippen molar-refractivity contribution in [2.45, 2.75) is 12.1 Å². The van der Waals surface area contributed by atoms with Gasteiger partial charge in [0.25, 0.3) is 0 Å². The topological polar surface area (TPSA) is 141 Å². The van der Waals surface area contributed by atoms with Crippen molar-refractivity contribution in [3.63, 3.8) is 0 Å². The molecule has 0 bridgehead atoms. The monoisotopic (exact) mass is 444 g/mol. The number of hydrogen-bond donors (Lipinski definition) is 2. The quantitative estimate of drug-likeness (QED) is 0.292. The van der Waals surface area contributed by atoms with Gasteiger partial charge in [-0.25, -0.2) is 0 Å². The van der Waals surface area contributed by atoms with Crippen molar-refractivity contribution in [2.24, 2.45) is 20.5 Å². The number of pyridine rings is 1. The molecule has 0 saturated heterocycles. The Bertz CT molecular complexity index is 1250. The predicted octanol–water partition coefficient (Wildman–Crippen LogP) is 5.82. The highest BCUT2D eigenvalue weighted by Gasteiger charge is 2.15. The maximum absolute atomic E-state index is 10.3. The standard InChI is InChI=1S/C16H12N8O2S3/c1-7-12(25)9(19-21-14-11-8(23-28-14)4-3-5-17-11)6-10(13(7)26)20-22-15-18-16(27-2)24-29-15/h3-6,25-26H,1-2H3/b21-19+,22-20+. The first-order valence-corrected chi connectivity index (χ1v) is 10.8. The van der Waals surface area contributed by atoms with E-state index in [9.17, 15) is 10.2 Å². The third-order valence-electron chi connectivity index (χ3n) is 3.76. The Morgan fingerprint density at radius 1 is 1.00 bits per heavy atom. The molecule has 13 heteroatoms. The lowest BCUT2D eigenvalue weighted by atomic mass is 10.1. The second-order valence-corrected chi connectivity index (χ2v) is 7.82. The Morgan fingerprint density at radius 2 is 1.76 bits per heavy atom. The van der Waals surface area contributed by atoms with Gasteiger partial charge in [-0.05, 0) is 36.8 Å². The van der Waals surface area contributed by atoms with E-state index in [1.165, 1.54) is 17.8 Å². The largest absolute Gasteiger partial charge is 0.505 e. The van der Waals surface area contributed by atoms with Gasteiger partial charge in [0.15, 0.2) is 5.00 Å². The first-order valence-electron chi connectivity index (χ1n) is 8.04. The van der Waals surface area contributed by atoms with Gasteiger partial charge in [-0.2, -0.15) is 13.7 Å². The Morgan fingerprint density at radius 3 is 2.48 bits per heavy atom. The van der Waals surface area contributed by atoms with Crippen LogP contribution in [0.25, 0.3) is 11.0 Å². The molecule has 1 aromatic carbocycles. The number of aromatic nitrogens is 4. The summed E-state index contributed by atoms with van der Waals surface area (Å²) in [6.07, 6.45) is 3.50. The fourth-order valence-corrected chi connectivity index (χ4v) is 3.98. The summed E-state index contributed by atoms with van der Waals surface area (Å²) >= 11 is 3.64. The van der Waals surface area contributed by atoms with Crippen LogP contribution in [-0.4, -0.2) is 35.2 Å². The smallest absolute Gasteiger partial charge is 0.250 e. The van der Waals surface area contributed by atoms with Crippen molar-refractivity contribution >= 4 is 67.4 Å². The lowest BCUT2D eigenvalue weighted by Crippen LogP contribution is -1.79. The van der Waals surface area contributed by atoms with Gasteiger partial charge < -0.3 is 10.2 Å². The van der Waals surface area contributed by atoms with Crippen molar-refractivity contribution in [2.75, 3.05) is 6.26 Å². The first kappa shape index (κ1) is 19.3. The van der Waals surface area contributed by atoms with E-state index in [0.29, 0.717) is 26.3 Å². The third kappa shape index (κ3) is 3.92. The van der Waals surface area contributed by atoms with Gasteiger partial charge in [0, 0.05) is 29.4 Å². The molecule has 4 aromatic rings. The van der Waals surface area contributed by atoms with Crippen LogP contribution in [0, 0.1) is 6.92 Å². The zero-order valence-electron chi connectivity index (χ0n) is 15.0. The van der Waals surface area contributed by atoms with Crippen molar-refractivity contribution in [1.29, 1.82) is 0 Å². The van der Waals surface area contributed by atoms with E-state index in [1.54, 1.807) is 19.2 Å². The maximum atomic E-state index is 10.3. The minimum atomic E-state index is -0.204. The van der Waals surface area contributed by atoms with Gasteiger partial charge in [-0.3, -0.25) is 4.98 Å². The molecule has 10 nitrogen and oxygen atoms in total. The average Bonchev–Trinajstić information content (AvgIpc) is 3.37. The van der Waals surface area contributed by atoms with E-state index in [2.05, 4.69) is 39.2 Å². The molecule has 0 unspecified atom stereocenters. The molecule has 0 spiro atoms. The van der Waals surface area contributed by atoms with E-state index in [4.69, 9.17) is 0 Å². The molecule has 146 valence electrons. The molecule has 4 rings (SSSR count). The highest BCUT2D eigenvalue weighted by molar-refractivity contribution is 7.98. The van der Waals surface area contributed by atoms with Gasteiger partial charge in [0.2, 0.25) is 10.3 Å². The summed E-state index contributed by atoms with van der Waals surface area (Å²) < 4.78 is 8.35. The van der Waals surface area contributed by atoms with Crippen LogP contribution in [0.4, 0.5) is 21.5 Å². The number of aromatic hydroxyl groups is 2. The van der Waals surface area contributed by atoms with Crippen LogP contribution in [0.2, 0.25) is 0 Å². The van der Waals surface area contributed by atoms with Gasteiger partial charge in [0.05, 0.1) is 0 Å². The van der Waals surface area contributed by atoms with E-state index < -0.39 is 0 Å². The number of hydrogen-bond acceptors (Lipinski definition) is 13. The second-order valence-electron chi connectivity index (χ2n) is 5.56. The molecule has 0 aliphatic rings. The fourth-order valence-electron chi connectivity index (χ4n) is 2.27. The maximum Gasteiger partial charge on any atom is 0.250 e. The van der Waals surface area contributed by atoms with Crippen molar-refractivity contribution in [1.82, 2.24) is 18.7 Å².